The number of benzene rings is 1. The van der Waals surface area contributed by atoms with Gasteiger partial charge in [-0.3, -0.25) is 0 Å². The van der Waals surface area contributed by atoms with Crippen LogP contribution in [0.4, 0.5) is 4.39 Å². The molecule has 0 heterocycles. The van der Waals surface area contributed by atoms with Gasteiger partial charge in [0.15, 0.2) is 0 Å². The van der Waals surface area contributed by atoms with Crippen molar-refractivity contribution in [2.45, 2.75) is 58.5 Å². The predicted octanol–water partition coefficient (Wildman–Crippen LogP) is 3.69. The first kappa shape index (κ1) is 12.6. The second-order valence-corrected chi connectivity index (χ2v) is 5.50. The van der Waals surface area contributed by atoms with E-state index in [9.17, 15) is 4.39 Å². The number of aryl methyl sites for hydroxylation is 2. The summed E-state index contributed by atoms with van der Waals surface area (Å²) >= 11 is 0. The summed E-state index contributed by atoms with van der Waals surface area (Å²) in [6, 6.07) is 4.71. The molecular weight excluding hydrogens is 213 g/mol. The molecule has 94 valence electrons. The van der Waals surface area contributed by atoms with Crippen LogP contribution in [-0.2, 0) is 0 Å². The van der Waals surface area contributed by atoms with Gasteiger partial charge >= 0.3 is 0 Å². The van der Waals surface area contributed by atoms with Gasteiger partial charge in [0, 0.05) is 12.1 Å². The van der Waals surface area contributed by atoms with E-state index in [1.165, 1.54) is 12.8 Å². The molecule has 1 aromatic rings. The molecule has 1 saturated carbocycles. The molecule has 2 rings (SSSR count). The third-order valence-corrected chi connectivity index (χ3v) is 3.76. The monoisotopic (exact) mass is 235 g/mol. The van der Waals surface area contributed by atoms with Crippen molar-refractivity contribution in [1.82, 2.24) is 5.32 Å². The fourth-order valence-electron chi connectivity index (χ4n) is 2.52. The van der Waals surface area contributed by atoms with Crippen LogP contribution in [0.2, 0.25) is 0 Å². The Balaban J connectivity index is 2.19. The maximum Gasteiger partial charge on any atom is 0.127 e. The normalized spacial score (nSPS) is 19.1. The van der Waals surface area contributed by atoms with Crippen LogP contribution < -0.4 is 5.32 Å². The molecule has 0 saturated heterocycles. The van der Waals surface area contributed by atoms with Gasteiger partial charge in [-0.15, -0.1) is 0 Å². The Bertz CT molecular complexity index is 386. The Hall–Kier alpha value is -0.890. The Labute approximate surface area is 103 Å². The molecule has 2 atom stereocenters. The lowest BCUT2D eigenvalue weighted by molar-refractivity contribution is 0.461. The van der Waals surface area contributed by atoms with Crippen LogP contribution in [0.5, 0.6) is 0 Å². The van der Waals surface area contributed by atoms with E-state index >= 15 is 0 Å². The van der Waals surface area contributed by atoms with E-state index < -0.39 is 0 Å². The van der Waals surface area contributed by atoms with Crippen LogP contribution in [0.3, 0.4) is 0 Å². The zero-order valence-corrected chi connectivity index (χ0v) is 11.2. The van der Waals surface area contributed by atoms with Crippen LogP contribution in [0.25, 0.3) is 0 Å². The Morgan fingerprint density at radius 3 is 2.41 bits per heavy atom. The summed E-state index contributed by atoms with van der Waals surface area (Å²) in [5.74, 6) is 0.163. The van der Waals surface area contributed by atoms with Crippen molar-refractivity contribution in [1.29, 1.82) is 0 Å². The average molecular weight is 235 g/mol. The minimum atomic E-state index is -0.0561. The number of nitrogens with one attached hydrogen (secondary N) is 1. The largest absolute Gasteiger partial charge is 0.311 e. The SMILES string of the molecule is Cc1cc(C)c(C(C)C(C)NC2CC2)c(F)c1. The van der Waals surface area contributed by atoms with Gasteiger partial charge in [0.25, 0.3) is 0 Å². The maximum absolute atomic E-state index is 14.0. The summed E-state index contributed by atoms with van der Waals surface area (Å²) < 4.78 is 14.0. The van der Waals surface area contributed by atoms with Crippen molar-refractivity contribution in [3.8, 4) is 0 Å². The predicted molar refractivity (Wildman–Crippen MR) is 69.9 cm³/mol. The maximum atomic E-state index is 14.0. The van der Waals surface area contributed by atoms with Gasteiger partial charge in [0.05, 0.1) is 0 Å². The van der Waals surface area contributed by atoms with Crippen molar-refractivity contribution < 1.29 is 4.39 Å². The molecule has 0 aliphatic heterocycles. The zero-order valence-electron chi connectivity index (χ0n) is 11.2. The molecule has 0 amide bonds. The summed E-state index contributed by atoms with van der Waals surface area (Å²) in [4.78, 5) is 0. The first-order valence-electron chi connectivity index (χ1n) is 6.51. The molecule has 1 fully saturated rings. The summed E-state index contributed by atoms with van der Waals surface area (Å²) in [6.07, 6.45) is 2.54. The quantitative estimate of drug-likeness (QED) is 0.839. The minimum absolute atomic E-state index is 0.0561. The van der Waals surface area contributed by atoms with E-state index in [-0.39, 0.29) is 11.7 Å². The lowest BCUT2D eigenvalue weighted by atomic mass is 9.89. The average Bonchev–Trinajstić information content (AvgIpc) is 2.99. The number of hydrogen-bond donors (Lipinski definition) is 1. The van der Waals surface area contributed by atoms with Crippen molar-refractivity contribution in [3.63, 3.8) is 0 Å². The Morgan fingerprint density at radius 2 is 1.88 bits per heavy atom. The molecule has 17 heavy (non-hydrogen) atoms. The standard InChI is InChI=1S/C15H22FN/c1-9-7-10(2)15(14(16)8-9)11(3)12(4)17-13-5-6-13/h7-8,11-13,17H,5-6H2,1-4H3. The zero-order chi connectivity index (χ0) is 12.6. The number of halogens is 1. The first-order valence-corrected chi connectivity index (χ1v) is 6.51. The second-order valence-electron chi connectivity index (χ2n) is 5.50. The highest BCUT2D eigenvalue weighted by Crippen LogP contribution is 2.29. The van der Waals surface area contributed by atoms with Gasteiger partial charge in [0.2, 0.25) is 0 Å². The third kappa shape index (κ3) is 2.86. The van der Waals surface area contributed by atoms with Gasteiger partial charge in [-0.05, 0) is 62.3 Å². The van der Waals surface area contributed by atoms with E-state index in [0.29, 0.717) is 12.1 Å². The van der Waals surface area contributed by atoms with Crippen LogP contribution >= 0.6 is 0 Å². The summed E-state index contributed by atoms with van der Waals surface area (Å²) in [7, 11) is 0. The van der Waals surface area contributed by atoms with E-state index in [0.717, 1.165) is 16.7 Å². The van der Waals surface area contributed by atoms with Crippen LogP contribution in [0, 0.1) is 19.7 Å². The molecule has 0 bridgehead atoms. The molecule has 2 heteroatoms. The van der Waals surface area contributed by atoms with Gasteiger partial charge in [-0.2, -0.15) is 0 Å². The van der Waals surface area contributed by atoms with Gasteiger partial charge in [-0.1, -0.05) is 13.0 Å². The Morgan fingerprint density at radius 1 is 1.24 bits per heavy atom. The van der Waals surface area contributed by atoms with Gasteiger partial charge in [0.1, 0.15) is 5.82 Å². The molecule has 1 aromatic carbocycles. The van der Waals surface area contributed by atoms with Gasteiger partial charge < -0.3 is 5.32 Å². The fourth-order valence-corrected chi connectivity index (χ4v) is 2.52. The highest BCUT2D eigenvalue weighted by molar-refractivity contribution is 5.35. The summed E-state index contributed by atoms with van der Waals surface area (Å²) in [5.41, 5.74) is 2.94. The first-order chi connectivity index (χ1) is 7.99. The van der Waals surface area contributed by atoms with Crippen LogP contribution in [0.15, 0.2) is 12.1 Å². The number of hydrogen-bond acceptors (Lipinski definition) is 1. The molecule has 0 spiro atoms. The lowest BCUT2D eigenvalue weighted by Gasteiger charge is -2.24. The van der Waals surface area contributed by atoms with Crippen molar-refractivity contribution in [2.75, 3.05) is 0 Å². The van der Waals surface area contributed by atoms with E-state index in [1.54, 1.807) is 6.07 Å². The molecule has 1 nitrogen and oxygen atoms in total. The third-order valence-electron chi connectivity index (χ3n) is 3.76. The van der Waals surface area contributed by atoms with Crippen LogP contribution in [-0.4, -0.2) is 12.1 Å². The van der Waals surface area contributed by atoms with Crippen LogP contribution in [0.1, 0.15) is 49.3 Å². The molecular formula is C15H22FN. The van der Waals surface area contributed by atoms with Crippen molar-refractivity contribution in [3.05, 3.63) is 34.6 Å². The molecule has 1 N–H and O–H groups in total. The highest BCUT2D eigenvalue weighted by Gasteiger charge is 2.27. The number of rotatable bonds is 4. The molecule has 0 aromatic heterocycles. The van der Waals surface area contributed by atoms with Gasteiger partial charge in [-0.25, -0.2) is 4.39 Å². The molecule has 1 aliphatic carbocycles. The van der Waals surface area contributed by atoms with E-state index in [2.05, 4.69) is 25.2 Å². The van der Waals surface area contributed by atoms with E-state index in [4.69, 9.17) is 0 Å². The molecule has 2 unspecified atom stereocenters. The fraction of sp³-hybridized carbons (Fsp3) is 0.600. The smallest absolute Gasteiger partial charge is 0.127 e. The Kier molecular flexibility index (Phi) is 3.53. The van der Waals surface area contributed by atoms with Crippen molar-refractivity contribution >= 4 is 0 Å². The molecule has 0 radical (unpaired) electrons. The highest BCUT2D eigenvalue weighted by atomic mass is 19.1. The van der Waals surface area contributed by atoms with E-state index in [1.807, 2.05) is 13.8 Å². The van der Waals surface area contributed by atoms with Crippen molar-refractivity contribution in [2.24, 2.45) is 0 Å². The lowest BCUT2D eigenvalue weighted by Crippen LogP contribution is -2.33. The molecule has 1 aliphatic rings. The second kappa shape index (κ2) is 4.77. The minimum Gasteiger partial charge on any atom is -0.311 e. The topological polar surface area (TPSA) is 12.0 Å². The summed E-state index contributed by atoms with van der Waals surface area (Å²) in [6.45, 7) is 8.21. The summed E-state index contributed by atoms with van der Waals surface area (Å²) in [5, 5.41) is 3.55.